The highest BCUT2D eigenvalue weighted by molar-refractivity contribution is 7.99. The zero-order chi connectivity index (χ0) is 28.9. The maximum Gasteiger partial charge on any atom is 0.271 e. The minimum absolute atomic E-state index is 0.00291. The number of rotatable bonds is 9. The second kappa shape index (κ2) is 12.8. The fraction of sp³-hybridized carbons (Fsp3) is 0.250. The smallest absolute Gasteiger partial charge is 0.271 e. The fourth-order valence-electron chi connectivity index (χ4n) is 4.81. The van der Waals surface area contributed by atoms with E-state index in [2.05, 4.69) is 20.3 Å². The number of aliphatic hydroxyl groups excluding tert-OH is 1. The highest BCUT2D eigenvalue weighted by Gasteiger charge is 2.32. The molecule has 2 N–H and O–H groups in total. The van der Waals surface area contributed by atoms with Crippen molar-refractivity contribution >= 4 is 28.7 Å². The molecule has 10 heteroatoms. The summed E-state index contributed by atoms with van der Waals surface area (Å²) in [6.07, 6.45) is 5.15. The summed E-state index contributed by atoms with van der Waals surface area (Å²) in [7, 11) is 1.98. The van der Waals surface area contributed by atoms with E-state index in [1.54, 1.807) is 18.0 Å². The topological polar surface area (TPSA) is 111 Å². The van der Waals surface area contributed by atoms with Gasteiger partial charge in [0.1, 0.15) is 5.69 Å². The third-order valence-corrected chi connectivity index (χ3v) is 8.37. The largest absolute Gasteiger partial charge is 0.392 e. The Kier molecular flexibility index (Phi) is 8.57. The van der Waals surface area contributed by atoms with Gasteiger partial charge in [0.25, 0.3) is 5.91 Å². The van der Waals surface area contributed by atoms with E-state index >= 15 is 0 Å². The number of aliphatic hydroxyl groups is 1. The van der Waals surface area contributed by atoms with Crippen LogP contribution in [0.2, 0.25) is 0 Å². The van der Waals surface area contributed by atoms with Crippen molar-refractivity contribution in [1.29, 1.82) is 0 Å². The number of hydrogen-bond acceptors (Lipinski definition) is 8. The van der Waals surface area contributed by atoms with Crippen molar-refractivity contribution in [2.45, 2.75) is 43.2 Å². The van der Waals surface area contributed by atoms with Crippen molar-refractivity contribution in [3.8, 4) is 0 Å². The number of hydrogen-bond donors (Lipinski definition) is 2. The molecule has 1 fully saturated rings. The number of para-hydroxylation sites is 2. The molecule has 3 unspecified atom stereocenters. The predicted octanol–water partition coefficient (Wildman–Crippen LogP) is 5.12. The highest BCUT2D eigenvalue weighted by Crippen LogP contribution is 2.39. The maximum atomic E-state index is 12.7. The van der Waals surface area contributed by atoms with E-state index in [0.29, 0.717) is 18.5 Å². The van der Waals surface area contributed by atoms with Gasteiger partial charge in [-0.1, -0.05) is 72.4 Å². The molecule has 1 aliphatic heterocycles. The van der Waals surface area contributed by atoms with Crippen LogP contribution in [-0.2, 0) is 29.7 Å². The minimum Gasteiger partial charge on any atom is -0.392 e. The Balaban J connectivity index is 1.13. The molecule has 0 radical (unpaired) electrons. The van der Waals surface area contributed by atoms with Crippen LogP contribution in [-0.4, -0.2) is 42.4 Å². The second-order valence-corrected chi connectivity index (χ2v) is 11.1. The summed E-state index contributed by atoms with van der Waals surface area (Å²) in [5, 5.41) is 13.3. The van der Waals surface area contributed by atoms with E-state index in [4.69, 9.17) is 9.47 Å². The van der Waals surface area contributed by atoms with Gasteiger partial charge in [0.15, 0.2) is 11.4 Å². The van der Waals surface area contributed by atoms with E-state index in [1.165, 1.54) is 6.20 Å². The summed E-state index contributed by atoms with van der Waals surface area (Å²) in [5.41, 5.74) is 5.45. The third-order valence-electron chi connectivity index (χ3n) is 7.18. The number of nitrogens with zero attached hydrogens (tertiary/aromatic N) is 4. The number of thioether (sulfide) groups is 1. The normalized spacial score (nSPS) is 18.7. The average molecular weight is 582 g/mol. The molecular formula is C32H31N5O4S. The van der Waals surface area contributed by atoms with Crippen LogP contribution < -0.4 is 5.32 Å². The van der Waals surface area contributed by atoms with Gasteiger partial charge in [-0.25, -0.2) is 9.97 Å². The van der Waals surface area contributed by atoms with Gasteiger partial charge < -0.3 is 24.5 Å². The van der Waals surface area contributed by atoms with Gasteiger partial charge in [0.2, 0.25) is 0 Å². The third kappa shape index (κ3) is 6.52. The predicted molar refractivity (Wildman–Crippen MR) is 160 cm³/mol. The van der Waals surface area contributed by atoms with Crippen LogP contribution >= 0.6 is 11.8 Å². The van der Waals surface area contributed by atoms with Crippen LogP contribution in [0.3, 0.4) is 0 Å². The van der Waals surface area contributed by atoms with Crippen molar-refractivity contribution in [2.75, 3.05) is 5.75 Å². The summed E-state index contributed by atoms with van der Waals surface area (Å²) in [5.74, 6) is 0.456. The van der Waals surface area contributed by atoms with Gasteiger partial charge in [-0.3, -0.25) is 9.78 Å². The number of aryl methyl sites for hydroxylation is 1. The number of amides is 1. The molecular weight excluding hydrogens is 550 g/mol. The van der Waals surface area contributed by atoms with Gasteiger partial charge in [-0.15, -0.1) is 0 Å². The highest BCUT2D eigenvalue weighted by atomic mass is 32.2. The quantitative estimate of drug-likeness (QED) is 0.231. The maximum absolute atomic E-state index is 12.7. The number of benzene rings is 3. The first-order valence-corrected chi connectivity index (χ1v) is 14.7. The lowest BCUT2D eigenvalue weighted by Crippen LogP contribution is -2.31. The number of imidazole rings is 1. The van der Waals surface area contributed by atoms with E-state index < -0.39 is 6.29 Å². The Bertz CT molecular complexity index is 1660. The van der Waals surface area contributed by atoms with Crippen LogP contribution in [0, 0.1) is 0 Å². The standard InChI is InChI=1S/C32H31N5O4S/c1-37-15-14-33-32(37)42-20-25-16-29(23-10-8-22(19-38)9-11-23)41-31(40-25)24-12-6-21(7-13-24)17-35-30(39)28-18-34-26-4-2-3-5-27(26)36-28/h2-15,18,25,29,31,38H,16-17,19-20H2,1H3,(H,35,39). The Labute approximate surface area is 247 Å². The van der Waals surface area contributed by atoms with Crippen LogP contribution in [0.4, 0.5) is 0 Å². The number of aromatic nitrogens is 4. The molecule has 3 aromatic carbocycles. The Hall–Kier alpha value is -4.09. The Morgan fingerprint density at radius 1 is 0.976 bits per heavy atom. The summed E-state index contributed by atoms with van der Waals surface area (Å²) in [6.45, 7) is 0.353. The lowest BCUT2D eigenvalue weighted by molar-refractivity contribution is -0.245. The number of carbonyl (C=O) groups excluding carboxylic acids is 1. The van der Waals surface area contributed by atoms with Gasteiger partial charge in [-0.2, -0.15) is 0 Å². The van der Waals surface area contributed by atoms with Crippen LogP contribution in [0.25, 0.3) is 11.0 Å². The molecule has 42 heavy (non-hydrogen) atoms. The zero-order valence-corrected chi connectivity index (χ0v) is 23.9. The monoisotopic (exact) mass is 581 g/mol. The molecule has 3 heterocycles. The minimum atomic E-state index is -0.551. The summed E-state index contributed by atoms with van der Waals surface area (Å²) >= 11 is 1.66. The van der Waals surface area contributed by atoms with E-state index in [-0.39, 0.29) is 30.4 Å². The molecule has 9 nitrogen and oxygen atoms in total. The molecule has 1 saturated heterocycles. The van der Waals surface area contributed by atoms with Gasteiger partial charge in [-0.05, 0) is 28.8 Å². The average Bonchev–Trinajstić information content (AvgIpc) is 3.46. The molecule has 2 aromatic heterocycles. The lowest BCUT2D eigenvalue weighted by atomic mass is 10.0. The van der Waals surface area contributed by atoms with Crippen molar-refractivity contribution in [1.82, 2.24) is 24.8 Å². The molecule has 0 aliphatic carbocycles. The van der Waals surface area contributed by atoms with Crippen LogP contribution in [0.5, 0.6) is 0 Å². The van der Waals surface area contributed by atoms with Gasteiger partial charge in [0.05, 0.1) is 36.0 Å². The van der Waals surface area contributed by atoms with Crippen molar-refractivity contribution in [3.63, 3.8) is 0 Å². The molecule has 6 rings (SSSR count). The summed E-state index contributed by atoms with van der Waals surface area (Å²) in [4.78, 5) is 25.9. The summed E-state index contributed by atoms with van der Waals surface area (Å²) in [6, 6.07) is 23.2. The molecule has 0 spiro atoms. The second-order valence-electron chi connectivity index (χ2n) is 10.2. The van der Waals surface area contributed by atoms with Gasteiger partial charge in [0, 0.05) is 43.7 Å². The van der Waals surface area contributed by atoms with Crippen molar-refractivity contribution in [2.24, 2.45) is 7.05 Å². The van der Waals surface area contributed by atoms with Gasteiger partial charge >= 0.3 is 0 Å². The van der Waals surface area contributed by atoms with Crippen molar-refractivity contribution in [3.05, 3.63) is 119 Å². The molecule has 0 saturated carbocycles. The van der Waals surface area contributed by atoms with E-state index in [1.807, 2.05) is 90.6 Å². The molecule has 3 atom stereocenters. The number of ether oxygens (including phenoxy) is 2. The molecule has 214 valence electrons. The first-order valence-electron chi connectivity index (χ1n) is 13.8. The first-order chi connectivity index (χ1) is 20.6. The number of nitrogens with one attached hydrogen (secondary N) is 1. The SMILES string of the molecule is Cn1ccnc1SCC1CC(c2ccc(CO)cc2)OC(c2ccc(CNC(=O)c3cnc4ccccc4n3)cc2)O1. The first kappa shape index (κ1) is 28.0. The van der Waals surface area contributed by atoms with Crippen LogP contribution in [0.1, 0.15) is 51.6 Å². The summed E-state index contributed by atoms with van der Waals surface area (Å²) < 4.78 is 14.9. The van der Waals surface area contributed by atoms with Crippen molar-refractivity contribution < 1.29 is 19.4 Å². The molecule has 1 amide bonds. The van der Waals surface area contributed by atoms with E-state index in [9.17, 15) is 9.90 Å². The molecule has 1 aliphatic rings. The Morgan fingerprint density at radius 3 is 2.45 bits per heavy atom. The number of fused-ring (bicyclic) bond motifs is 1. The lowest BCUT2D eigenvalue weighted by Gasteiger charge is -2.36. The molecule has 0 bridgehead atoms. The fourth-order valence-corrected chi connectivity index (χ4v) is 5.76. The zero-order valence-electron chi connectivity index (χ0n) is 23.1. The van der Waals surface area contributed by atoms with E-state index in [0.717, 1.165) is 38.7 Å². The number of carbonyl (C=O) groups is 1. The Morgan fingerprint density at radius 2 is 1.71 bits per heavy atom. The molecule has 5 aromatic rings. The van der Waals surface area contributed by atoms with Crippen LogP contribution in [0.15, 0.2) is 96.5 Å².